The molecule has 1 fully saturated rings. The lowest BCUT2D eigenvalue weighted by atomic mass is 10.2. The molecule has 0 radical (unpaired) electrons. The van der Waals surface area contributed by atoms with Crippen molar-refractivity contribution in [2.75, 3.05) is 32.5 Å². The van der Waals surface area contributed by atoms with Crippen molar-refractivity contribution in [1.29, 1.82) is 0 Å². The number of hydrogen-bond donors (Lipinski definition) is 1. The minimum absolute atomic E-state index is 0.175. The molecule has 0 spiro atoms. The summed E-state index contributed by atoms with van der Waals surface area (Å²) in [5, 5.41) is 4.51. The van der Waals surface area contributed by atoms with Gasteiger partial charge in [0, 0.05) is 18.8 Å². The van der Waals surface area contributed by atoms with E-state index in [2.05, 4.69) is 15.0 Å². The Morgan fingerprint density at radius 1 is 1.45 bits per heavy atom. The normalized spacial score (nSPS) is 20.2. The number of likely N-dealkylation sites (N-methyl/N-ethyl adjacent to an activating group) is 1. The van der Waals surface area contributed by atoms with E-state index >= 15 is 0 Å². The number of hydrogen-bond acceptors (Lipinski definition) is 6. The number of rotatable bonds is 2. The zero-order chi connectivity index (χ0) is 14.1. The molecule has 3 rings (SSSR count). The lowest BCUT2D eigenvalue weighted by molar-refractivity contribution is -0.0264. The average molecular weight is 295 g/mol. The van der Waals surface area contributed by atoms with E-state index in [1.54, 1.807) is 18.2 Å². The van der Waals surface area contributed by atoms with Gasteiger partial charge in [-0.25, -0.2) is 0 Å². The van der Waals surface area contributed by atoms with Crippen molar-refractivity contribution in [3.05, 3.63) is 29.0 Å². The molecule has 2 aromatic rings. The summed E-state index contributed by atoms with van der Waals surface area (Å²) in [6.45, 7) is 2.30. The minimum atomic E-state index is -0.175. The number of benzene rings is 1. The van der Waals surface area contributed by atoms with E-state index < -0.39 is 0 Å². The van der Waals surface area contributed by atoms with Crippen LogP contribution in [-0.2, 0) is 4.74 Å². The van der Waals surface area contributed by atoms with Gasteiger partial charge in [0.2, 0.25) is 5.82 Å². The van der Waals surface area contributed by atoms with Gasteiger partial charge in [0.25, 0.3) is 5.89 Å². The van der Waals surface area contributed by atoms with Crippen molar-refractivity contribution < 1.29 is 9.26 Å². The molecular formula is C13H15ClN4O2. The molecule has 1 aliphatic heterocycles. The molecule has 0 aliphatic carbocycles. The molecule has 1 aromatic carbocycles. The molecule has 1 atom stereocenters. The zero-order valence-electron chi connectivity index (χ0n) is 11.0. The molecule has 20 heavy (non-hydrogen) atoms. The van der Waals surface area contributed by atoms with Gasteiger partial charge in [-0.15, -0.1) is 0 Å². The Balaban J connectivity index is 1.88. The van der Waals surface area contributed by atoms with Crippen LogP contribution in [0.1, 0.15) is 11.9 Å². The van der Waals surface area contributed by atoms with E-state index in [4.69, 9.17) is 26.6 Å². The number of halogens is 1. The highest BCUT2D eigenvalue weighted by Crippen LogP contribution is 2.30. The molecule has 7 heteroatoms. The van der Waals surface area contributed by atoms with Crippen molar-refractivity contribution in [2.45, 2.75) is 6.10 Å². The highest BCUT2D eigenvalue weighted by atomic mass is 35.5. The van der Waals surface area contributed by atoms with Gasteiger partial charge < -0.3 is 19.9 Å². The molecular weight excluding hydrogens is 280 g/mol. The first-order chi connectivity index (χ1) is 9.63. The molecule has 2 N–H and O–H groups in total. The maximum Gasteiger partial charge on any atom is 0.259 e. The smallest absolute Gasteiger partial charge is 0.259 e. The standard InChI is InChI=1S/C13H15ClN4O2/c1-18-4-5-19-11(7-18)12-16-13(20-17-12)9-6-8(15)2-3-10(9)14/h2-3,6,11H,4-5,7,15H2,1H3. The summed E-state index contributed by atoms with van der Waals surface area (Å²) >= 11 is 6.13. The van der Waals surface area contributed by atoms with Gasteiger partial charge in [0.1, 0.15) is 6.10 Å². The summed E-state index contributed by atoms with van der Waals surface area (Å²) in [6, 6.07) is 5.15. The van der Waals surface area contributed by atoms with E-state index in [0.29, 0.717) is 34.6 Å². The number of nitrogens with zero attached hydrogens (tertiary/aromatic N) is 3. The molecule has 1 unspecified atom stereocenters. The zero-order valence-corrected chi connectivity index (χ0v) is 11.8. The fourth-order valence-corrected chi connectivity index (χ4v) is 2.31. The van der Waals surface area contributed by atoms with Crippen molar-refractivity contribution in [3.63, 3.8) is 0 Å². The van der Waals surface area contributed by atoms with E-state index in [1.807, 2.05) is 7.05 Å². The third-order valence-corrected chi connectivity index (χ3v) is 3.55. The SMILES string of the molecule is CN1CCOC(c2noc(-c3cc(N)ccc3Cl)n2)C1. The Morgan fingerprint density at radius 3 is 3.10 bits per heavy atom. The molecule has 6 nitrogen and oxygen atoms in total. The first-order valence-electron chi connectivity index (χ1n) is 6.32. The van der Waals surface area contributed by atoms with Crippen molar-refractivity contribution in [1.82, 2.24) is 15.0 Å². The number of nitrogens with two attached hydrogens (primary N) is 1. The highest BCUT2D eigenvalue weighted by molar-refractivity contribution is 6.33. The summed E-state index contributed by atoms with van der Waals surface area (Å²) in [5.41, 5.74) is 6.98. The van der Waals surface area contributed by atoms with Crippen LogP contribution in [0.5, 0.6) is 0 Å². The molecule has 0 saturated carbocycles. The highest BCUT2D eigenvalue weighted by Gasteiger charge is 2.25. The Labute approximate surface area is 121 Å². The monoisotopic (exact) mass is 294 g/mol. The maximum atomic E-state index is 6.13. The lowest BCUT2D eigenvalue weighted by Gasteiger charge is -2.27. The van der Waals surface area contributed by atoms with Crippen LogP contribution < -0.4 is 5.73 Å². The molecule has 1 saturated heterocycles. The summed E-state index contributed by atoms with van der Waals surface area (Å²) in [7, 11) is 2.03. The molecule has 2 heterocycles. The molecule has 1 aromatic heterocycles. The Hall–Kier alpha value is -1.63. The van der Waals surface area contributed by atoms with Gasteiger partial charge in [-0.2, -0.15) is 4.98 Å². The number of aromatic nitrogens is 2. The van der Waals surface area contributed by atoms with Crippen molar-refractivity contribution in [2.24, 2.45) is 0 Å². The van der Waals surface area contributed by atoms with Gasteiger partial charge in [-0.1, -0.05) is 16.8 Å². The second kappa shape index (κ2) is 5.40. The summed E-state index contributed by atoms with van der Waals surface area (Å²) in [6.07, 6.45) is -0.175. The van der Waals surface area contributed by atoms with E-state index in [-0.39, 0.29) is 6.10 Å². The molecule has 106 valence electrons. The largest absolute Gasteiger partial charge is 0.399 e. The topological polar surface area (TPSA) is 77.4 Å². The third-order valence-electron chi connectivity index (χ3n) is 3.22. The van der Waals surface area contributed by atoms with E-state index in [1.165, 1.54) is 0 Å². The van der Waals surface area contributed by atoms with Crippen LogP contribution in [0.15, 0.2) is 22.7 Å². The Bertz CT molecular complexity index is 616. The maximum absolute atomic E-state index is 6.13. The van der Waals surface area contributed by atoms with Gasteiger partial charge in [-0.3, -0.25) is 0 Å². The molecule has 0 amide bonds. The van der Waals surface area contributed by atoms with Crippen LogP contribution in [0.4, 0.5) is 5.69 Å². The second-order valence-corrected chi connectivity index (χ2v) is 5.23. The second-order valence-electron chi connectivity index (χ2n) is 4.82. The van der Waals surface area contributed by atoms with Crippen molar-refractivity contribution >= 4 is 17.3 Å². The number of ether oxygens (including phenoxy) is 1. The Morgan fingerprint density at radius 2 is 2.30 bits per heavy atom. The van der Waals surface area contributed by atoms with Crippen LogP contribution in [-0.4, -0.2) is 41.8 Å². The predicted octanol–water partition coefficient (Wildman–Crippen LogP) is 1.98. The van der Waals surface area contributed by atoms with Gasteiger partial charge >= 0.3 is 0 Å². The molecule has 1 aliphatic rings. The third kappa shape index (κ3) is 2.63. The van der Waals surface area contributed by atoms with E-state index in [0.717, 1.165) is 13.1 Å². The first-order valence-corrected chi connectivity index (χ1v) is 6.70. The summed E-state index contributed by atoms with van der Waals surface area (Å²) in [4.78, 5) is 6.54. The van der Waals surface area contributed by atoms with Crippen LogP contribution in [0.25, 0.3) is 11.5 Å². The minimum Gasteiger partial charge on any atom is -0.399 e. The van der Waals surface area contributed by atoms with Crippen LogP contribution >= 0.6 is 11.6 Å². The van der Waals surface area contributed by atoms with Gasteiger partial charge in [0.05, 0.1) is 17.2 Å². The lowest BCUT2D eigenvalue weighted by Crippen LogP contribution is -2.35. The number of anilines is 1. The number of morpholine rings is 1. The van der Waals surface area contributed by atoms with Crippen LogP contribution in [0.2, 0.25) is 5.02 Å². The predicted molar refractivity (Wildman–Crippen MR) is 75.3 cm³/mol. The number of nitrogen functional groups attached to an aromatic ring is 1. The van der Waals surface area contributed by atoms with Gasteiger partial charge in [-0.05, 0) is 25.2 Å². The molecule has 0 bridgehead atoms. The van der Waals surface area contributed by atoms with Gasteiger partial charge in [0.15, 0.2) is 0 Å². The quantitative estimate of drug-likeness (QED) is 0.853. The fourth-order valence-electron chi connectivity index (χ4n) is 2.12. The van der Waals surface area contributed by atoms with E-state index in [9.17, 15) is 0 Å². The first kappa shape index (κ1) is 13.4. The van der Waals surface area contributed by atoms with Crippen LogP contribution in [0.3, 0.4) is 0 Å². The summed E-state index contributed by atoms with van der Waals surface area (Å²) in [5.74, 6) is 0.888. The Kier molecular flexibility index (Phi) is 3.60. The summed E-state index contributed by atoms with van der Waals surface area (Å²) < 4.78 is 10.9. The average Bonchev–Trinajstić information content (AvgIpc) is 2.91. The van der Waals surface area contributed by atoms with Crippen molar-refractivity contribution in [3.8, 4) is 11.5 Å². The van der Waals surface area contributed by atoms with Crippen LogP contribution in [0, 0.1) is 0 Å². The fraction of sp³-hybridized carbons (Fsp3) is 0.385.